The van der Waals surface area contributed by atoms with Crippen molar-refractivity contribution in [3.8, 4) is 6.07 Å². The molecule has 1 amide bonds. The molecular weight excluding hydrogens is 402 g/mol. The number of nitrogen functional groups attached to an aromatic ring is 1. The number of carbonyl (C=O) groups excluding carboxylic acids is 1. The van der Waals surface area contributed by atoms with Crippen LogP contribution in [0.1, 0.15) is 31.2 Å². The molecule has 0 aromatic heterocycles. The van der Waals surface area contributed by atoms with Gasteiger partial charge in [-0.3, -0.25) is 4.79 Å². The molecule has 32 heavy (non-hydrogen) atoms. The molecule has 1 aliphatic heterocycles. The first-order valence-corrected chi connectivity index (χ1v) is 11.4. The third-order valence-electron chi connectivity index (χ3n) is 6.41. The van der Waals surface area contributed by atoms with Crippen molar-refractivity contribution < 1.29 is 9.53 Å². The van der Waals surface area contributed by atoms with Gasteiger partial charge >= 0.3 is 0 Å². The van der Waals surface area contributed by atoms with Crippen LogP contribution in [0.5, 0.6) is 0 Å². The van der Waals surface area contributed by atoms with E-state index in [4.69, 9.17) is 15.7 Å². The van der Waals surface area contributed by atoms with Gasteiger partial charge in [-0.2, -0.15) is 5.26 Å². The molecule has 4 rings (SSSR count). The van der Waals surface area contributed by atoms with Gasteiger partial charge in [-0.25, -0.2) is 0 Å². The molecule has 0 atom stereocenters. The molecule has 1 aliphatic carbocycles. The van der Waals surface area contributed by atoms with Crippen molar-refractivity contribution in [1.29, 1.82) is 5.26 Å². The molecule has 7 heteroatoms. The Labute approximate surface area is 189 Å². The van der Waals surface area contributed by atoms with Gasteiger partial charge in [0, 0.05) is 49.3 Å². The molecule has 1 saturated heterocycles. The Morgan fingerprint density at radius 3 is 2.47 bits per heavy atom. The first-order valence-electron chi connectivity index (χ1n) is 11.4. The number of amides is 1. The predicted molar refractivity (Wildman–Crippen MR) is 126 cm³/mol. The average Bonchev–Trinajstić information content (AvgIpc) is 2.85. The van der Waals surface area contributed by atoms with Crippen LogP contribution < -0.4 is 16.0 Å². The largest absolute Gasteiger partial charge is 0.398 e. The van der Waals surface area contributed by atoms with E-state index in [9.17, 15) is 4.79 Å². The maximum Gasteiger partial charge on any atom is 0.248 e. The SMILES string of the molecule is N#Cc1cc(NC2CCC(OCC(=O)N3CCN(c4ccccc4)CC3)CC2)ccc1N. The van der Waals surface area contributed by atoms with Crippen LogP contribution >= 0.6 is 0 Å². The molecule has 0 spiro atoms. The topological polar surface area (TPSA) is 94.6 Å². The summed E-state index contributed by atoms with van der Waals surface area (Å²) in [4.78, 5) is 16.8. The van der Waals surface area contributed by atoms with Crippen molar-refractivity contribution in [2.75, 3.05) is 48.7 Å². The van der Waals surface area contributed by atoms with Crippen LogP contribution in [0.15, 0.2) is 48.5 Å². The molecule has 1 heterocycles. The molecule has 7 nitrogen and oxygen atoms in total. The zero-order chi connectivity index (χ0) is 22.3. The Bertz CT molecular complexity index is 943. The first-order chi connectivity index (χ1) is 15.6. The average molecular weight is 434 g/mol. The summed E-state index contributed by atoms with van der Waals surface area (Å²) in [5.74, 6) is 0.0869. The van der Waals surface area contributed by atoms with Gasteiger partial charge in [0.2, 0.25) is 5.91 Å². The van der Waals surface area contributed by atoms with Gasteiger partial charge in [-0.1, -0.05) is 18.2 Å². The monoisotopic (exact) mass is 433 g/mol. The van der Waals surface area contributed by atoms with E-state index in [2.05, 4.69) is 28.4 Å². The number of anilines is 3. The maximum atomic E-state index is 12.6. The minimum absolute atomic E-state index is 0.0869. The fourth-order valence-corrected chi connectivity index (χ4v) is 4.49. The van der Waals surface area contributed by atoms with E-state index in [1.54, 1.807) is 12.1 Å². The summed E-state index contributed by atoms with van der Waals surface area (Å²) < 4.78 is 5.97. The van der Waals surface area contributed by atoms with E-state index in [1.807, 2.05) is 29.2 Å². The molecule has 2 fully saturated rings. The van der Waals surface area contributed by atoms with Crippen LogP contribution in [-0.4, -0.2) is 55.7 Å². The van der Waals surface area contributed by atoms with Crippen molar-refractivity contribution in [2.24, 2.45) is 0 Å². The van der Waals surface area contributed by atoms with Gasteiger partial charge < -0.3 is 25.6 Å². The number of nitriles is 1. The number of piperazine rings is 1. The lowest BCUT2D eigenvalue weighted by atomic mass is 9.92. The zero-order valence-corrected chi connectivity index (χ0v) is 18.4. The summed E-state index contributed by atoms with van der Waals surface area (Å²) in [6, 6.07) is 18.3. The third-order valence-corrected chi connectivity index (χ3v) is 6.41. The number of para-hydroxylation sites is 1. The van der Waals surface area contributed by atoms with Gasteiger partial charge in [-0.05, 0) is 56.0 Å². The first kappa shape index (κ1) is 22.0. The second kappa shape index (κ2) is 10.4. The van der Waals surface area contributed by atoms with Crippen molar-refractivity contribution in [1.82, 2.24) is 4.90 Å². The molecule has 0 unspecified atom stereocenters. The van der Waals surface area contributed by atoms with Crippen LogP contribution in [0.25, 0.3) is 0 Å². The van der Waals surface area contributed by atoms with Gasteiger partial charge in [0.15, 0.2) is 0 Å². The van der Waals surface area contributed by atoms with Crippen LogP contribution in [0, 0.1) is 11.3 Å². The van der Waals surface area contributed by atoms with E-state index < -0.39 is 0 Å². The Balaban J connectivity index is 1.16. The Morgan fingerprint density at radius 1 is 1.06 bits per heavy atom. The Hall–Kier alpha value is -3.24. The summed E-state index contributed by atoms with van der Waals surface area (Å²) in [7, 11) is 0. The summed E-state index contributed by atoms with van der Waals surface area (Å²) in [5, 5.41) is 12.6. The van der Waals surface area contributed by atoms with Gasteiger partial charge in [0.25, 0.3) is 0 Å². The highest BCUT2D eigenvalue weighted by Crippen LogP contribution is 2.26. The van der Waals surface area contributed by atoms with Gasteiger partial charge in [-0.15, -0.1) is 0 Å². The quantitative estimate of drug-likeness (QED) is 0.679. The molecule has 168 valence electrons. The predicted octanol–water partition coefficient (Wildman–Crippen LogP) is 3.23. The van der Waals surface area contributed by atoms with E-state index in [1.165, 1.54) is 5.69 Å². The number of nitrogens with one attached hydrogen (secondary N) is 1. The number of hydrogen-bond acceptors (Lipinski definition) is 6. The van der Waals surface area contributed by atoms with Crippen molar-refractivity contribution >= 4 is 23.0 Å². The normalized spacial score (nSPS) is 21.1. The lowest BCUT2D eigenvalue weighted by molar-refractivity contribution is -0.139. The van der Waals surface area contributed by atoms with E-state index >= 15 is 0 Å². The summed E-state index contributed by atoms with van der Waals surface area (Å²) in [6.45, 7) is 3.34. The fraction of sp³-hybridized carbons (Fsp3) is 0.440. The van der Waals surface area contributed by atoms with Crippen LogP contribution in [0.4, 0.5) is 17.1 Å². The number of benzene rings is 2. The molecular formula is C25H31N5O2. The number of carbonyl (C=O) groups is 1. The van der Waals surface area contributed by atoms with E-state index in [0.29, 0.717) is 17.3 Å². The van der Waals surface area contributed by atoms with Crippen LogP contribution in [-0.2, 0) is 9.53 Å². The van der Waals surface area contributed by atoms with Crippen molar-refractivity contribution in [3.63, 3.8) is 0 Å². The minimum atomic E-state index is 0.0869. The van der Waals surface area contributed by atoms with Crippen LogP contribution in [0.3, 0.4) is 0 Å². The van der Waals surface area contributed by atoms with Gasteiger partial charge in [0.05, 0.1) is 11.7 Å². The lowest BCUT2D eigenvalue weighted by Crippen LogP contribution is -2.50. The van der Waals surface area contributed by atoms with Crippen LogP contribution in [0.2, 0.25) is 0 Å². The molecule has 2 aromatic carbocycles. The van der Waals surface area contributed by atoms with E-state index in [-0.39, 0.29) is 18.6 Å². The summed E-state index contributed by atoms with van der Waals surface area (Å²) in [6.07, 6.45) is 3.92. The third kappa shape index (κ3) is 5.51. The number of rotatable bonds is 6. The maximum absolute atomic E-state index is 12.6. The molecule has 2 aromatic rings. The van der Waals surface area contributed by atoms with E-state index in [0.717, 1.165) is 57.5 Å². The van der Waals surface area contributed by atoms with Crippen molar-refractivity contribution in [3.05, 3.63) is 54.1 Å². The smallest absolute Gasteiger partial charge is 0.248 e. The summed E-state index contributed by atoms with van der Waals surface area (Å²) >= 11 is 0. The number of nitrogens with two attached hydrogens (primary N) is 1. The summed E-state index contributed by atoms with van der Waals surface area (Å²) in [5.41, 5.74) is 8.93. The molecule has 0 bridgehead atoms. The molecule has 0 radical (unpaired) electrons. The molecule has 3 N–H and O–H groups in total. The highest BCUT2D eigenvalue weighted by atomic mass is 16.5. The van der Waals surface area contributed by atoms with Gasteiger partial charge in [0.1, 0.15) is 12.7 Å². The Morgan fingerprint density at radius 2 is 1.78 bits per heavy atom. The highest BCUT2D eigenvalue weighted by Gasteiger charge is 2.25. The second-order valence-electron chi connectivity index (χ2n) is 8.55. The number of nitrogens with zero attached hydrogens (tertiary/aromatic N) is 3. The standard InChI is InChI=1S/C25H31N5O2/c26-17-19-16-21(8-11-24(19)27)28-20-6-9-23(10-7-20)32-18-25(31)30-14-12-29(13-15-30)22-4-2-1-3-5-22/h1-5,8,11,16,20,23,28H,6-7,9-10,12-15,18,27H2. The number of ether oxygens (including phenoxy) is 1. The lowest BCUT2D eigenvalue weighted by Gasteiger charge is -2.36. The fourth-order valence-electron chi connectivity index (χ4n) is 4.49. The zero-order valence-electron chi connectivity index (χ0n) is 18.4. The molecule has 1 saturated carbocycles. The second-order valence-corrected chi connectivity index (χ2v) is 8.55. The minimum Gasteiger partial charge on any atom is -0.398 e. The Kier molecular flexibility index (Phi) is 7.13. The number of hydrogen-bond donors (Lipinski definition) is 2. The van der Waals surface area contributed by atoms with Crippen molar-refractivity contribution in [2.45, 2.75) is 37.8 Å². The highest BCUT2D eigenvalue weighted by molar-refractivity contribution is 5.77. The molecule has 2 aliphatic rings.